The number of hydrogen-bond acceptors (Lipinski definition) is 3. The van der Waals surface area contributed by atoms with Crippen molar-refractivity contribution in [3.63, 3.8) is 0 Å². The van der Waals surface area contributed by atoms with Crippen molar-refractivity contribution in [2.45, 2.75) is 6.04 Å². The number of phenolic OH excluding ortho intramolecular Hbond substituents is 1. The molecule has 4 N–H and O–H groups in total. The maximum Gasteiger partial charge on any atom is 0.325 e. The molecule has 76 valence electrons. The summed E-state index contributed by atoms with van der Waals surface area (Å²) in [6.07, 6.45) is 0. The molecular formula is C8H7F2NO3. The average Bonchev–Trinajstić information content (AvgIpc) is 2.12. The van der Waals surface area contributed by atoms with Gasteiger partial charge in [0.15, 0.2) is 17.4 Å². The highest BCUT2D eigenvalue weighted by Crippen LogP contribution is 2.23. The highest BCUT2D eigenvalue weighted by molar-refractivity contribution is 5.75. The van der Waals surface area contributed by atoms with Gasteiger partial charge in [0, 0.05) is 0 Å². The average molecular weight is 203 g/mol. The van der Waals surface area contributed by atoms with Gasteiger partial charge in [0.1, 0.15) is 6.04 Å². The van der Waals surface area contributed by atoms with Crippen LogP contribution in [0.4, 0.5) is 8.78 Å². The van der Waals surface area contributed by atoms with Crippen LogP contribution in [0.2, 0.25) is 0 Å². The first-order valence-electron chi connectivity index (χ1n) is 3.59. The SMILES string of the molecule is N[C@H](C(=O)O)c1cc(O)c(F)c(F)c1. The van der Waals surface area contributed by atoms with E-state index < -0.39 is 29.4 Å². The highest BCUT2D eigenvalue weighted by atomic mass is 19.2. The summed E-state index contributed by atoms with van der Waals surface area (Å²) in [6.45, 7) is 0. The Bertz CT molecular complexity index is 358. The second-order valence-electron chi connectivity index (χ2n) is 2.65. The van der Waals surface area contributed by atoms with Gasteiger partial charge < -0.3 is 15.9 Å². The quantitative estimate of drug-likeness (QED) is 0.662. The van der Waals surface area contributed by atoms with E-state index in [0.717, 1.165) is 6.07 Å². The lowest BCUT2D eigenvalue weighted by molar-refractivity contribution is -0.138. The molecule has 0 aliphatic carbocycles. The van der Waals surface area contributed by atoms with Crippen LogP contribution in [0, 0.1) is 11.6 Å². The first-order chi connectivity index (χ1) is 6.43. The monoisotopic (exact) mass is 203 g/mol. The molecule has 0 bridgehead atoms. The van der Waals surface area contributed by atoms with Crippen LogP contribution < -0.4 is 5.73 Å². The number of halogens is 2. The van der Waals surface area contributed by atoms with E-state index in [2.05, 4.69) is 0 Å². The first kappa shape index (κ1) is 10.4. The Balaban J connectivity index is 3.19. The molecule has 1 atom stereocenters. The summed E-state index contributed by atoms with van der Waals surface area (Å²) in [5, 5.41) is 17.3. The number of aromatic hydroxyl groups is 1. The number of carboxylic acids is 1. The molecule has 0 heterocycles. The van der Waals surface area contributed by atoms with Gasteiger partial charge in [-0.3, -0.25) is 4.79 Å². The molecule has 0 radical (unpaired) electrons. The third kappa shape index (κ3) is 1.80. The van der Waals surface area contributed by atoms with Gasteiger partial charge in [0.05, 0.1) is 0 Å². The predicted molar refractivity (Wildman–Crippen MR) is 42.6 cm³/mol. The lowest BCUT2D eigenvalue weighted by Crippen LogP contribution is -2.20. The van der Waals surface area contributed by atoms with Gasteiger partial charge in [-0.25, -0.2) is 4.39 Å². The van der Waals surface area contributed by atoms with Crippen LogP contribution in [0.3, 0.4) is 0 Å². The van der Waals surface area contributed by atoms with Crippen LogP contribution in [0.25, 0.3) is 0 Å². The molecule has 1 rings (SSSR count). The van der Waals surface area contributed by atoms with E-state index in [-0.39, 0.29) is 5.56 Å². The predicted octanol–water partition coefficient (Wildman–Crippen LogP) is 0.755. The van der Waals surface area contributed by atoms with Crippen molar-refractivity contribution >= 4 is 5.97 Å². The molecule has 0 unspecified atom stereocenters. The largest absolute Gasteiger partial charge is 0.505 e. The van der Waals surface area contributed by atoms with Crippen LogP contribution in [0.5, 0.6) is 5.75 Å². The van der Waals surface area contributed by atoms with Crippen molar-refractivity contribution in [1.29, 1.82) is 0 Å². The number of carboxylic acid groups (broad SMARTS) is 1. The van der Waals surface area contributed by atoms with Crippen LogP contribution >= 0.6 is 0 Å². The Morgan fingerprint density at radius 3 is 2.43 bits per heavy atom. The fourth-order valence-electron chi connectivity index (χ4n) is 0.917. The number of benzene rings is 1. The van der Waals surface area contributed by atoms with Crippen molar-refractivity contribution < 1.29 is 23.8 Å². The number of phenols is 1. The van der Waals surface area contributed by atoms with Crippen LogP contribution in [-0.4, -0.2) is 16.2 Å². The molecule has 0 saturated carbocycles. The molecule has 0 saturated heterocycles. The Morgan fingerprint density at radius 1 is 1.43 bits per heavy atom. The summed E-state index contributed by atoms with van der Waals surface area (Å²) in [5.74, 6) is -5.12. The van der Waals surface area contributed by atoms with E-state index in [9.17, 15) is 13.6 Å². The zero-order valence-corrected chi connectivity index (χ0v) is 6.87. The number of hydrogen-bond donors (Lipinski definition) is 3. The highest BCUT2D eigenvalue weighted by Gasteiger charge is 2.18. The van der Waals surface area contributed by atoms with E-state index in [1.54, 1.807) is 0 Å². The zero-order valence-electron chi connectivity index (χ0n) is 6.87. The third-order valence-corrected chi connectivity index (χ3v) is 1.66. The lowest BCUT2D eigenvalue weighted by Gasteiger charge is -2.07. The van der Waals surface area contributed by atoms with Crippen molar-refractivity contribution in [2.24, 2.45) is 5.73 Å². The summed E-state index contributed by atoms with van der Waals surface area (Å²) in [4.78, 5) is 10.4. The van der Waals surface area contributed by atoms with Crippen molar-refractivity contribution in [3.8, 4) is 5.75 Å². The maximum absolute atomic E-state index is 12.7. The molecule has 1 aromatic rings. The van der Waals surface area contributed by atoms with Gasteiger partial charge in [-0.1, -0.05) is 0 Å². The minimum atomic E-state index is -1.49. The minimum absolute atomic E-state index is 0.200. The topological polar surface area (TPSA) is 83.6 Å². The van der Waals surface area contributed by atoms with E-state index >= 15 is 0 Å². The summed E-state index contributed by atoms with van der Waals surface area (Å²) in [7, 11) is 0. The van der Waals surface area contributed by atoms with Gasteiger partial charge in [-0.15, -0.1) is 0 Å². The van der Waals surface area contributed by atoms with Crippen LogP contribution in [0.1, 0.15) is 11.6 Å². The van der Waals surface area contributed by atoms with E-state index in [1.165, 1.54) is 0 Å². The molecule has 0 fully saturated rings. The molecule has 0 spiro atoms. The molecule has 6 heteroatoms. The van der Waals surface area contributed by atoms with Crippen molar-refractivity contribution in [1.82, 2.24) is 0 Å². The molecule has 0 aliphatic heterocycles. The van der Waals surface area contributed by atoms with E-state index in [4.69, 9.17) is 15.9 Å². The van der Waals surface area contributed by atoms with Gasteiger partial charge >= 0.3 is 5.97 Å². The van der Waals surface area contributed by atoms with Gasteiger partial charge in [-0.2, -0.15) is 4.39 Å². The van der Waals surface area contributed by atoms with Crippen LogP contribution in [0.15, 0.2) is 12.1 Å². The fraction of sp³-hybridized carbons (Fsp3) is 0.125. The Kier molecular flexibility index (Phi) is 2.66. The first-order valence-corrected chi connectivity index (χ1v) is 3.59. The third-order valence-electron chi connectivity index (χ3n) is 1.66. The second kappa shape index (κ2) is 3.59. The maximum atomic E-state index is 12.7. The smallest absolute Gasteiger partial charge is 0.325 e. The Hall–Kier alpha value is -1.69. The molecule has 14 heavy (non-hydrogen) atoms. The Morgan fingerprint density at radius 2 is 2.00 bits per heavy atom. The molecule has 0 aliphatic rings. The second-order valence-corrected chi connectivity index (χ2v) is 2.65. The number of aliphatic carboxylic acids is 1. The number of carbonyl (C=O) groups is 1. The zero-order chi connectivity index (χ0) is 10.9. The number of nitrogens with two attached hydrogens (primary N) is 1. The molecular weight excluding hydrogens is 196 g/mol. The molecule has 4 nitrogen and oxygen atoms in total. The fourth-order valence-corrected chi connectivity index (χ4v) is 0.917. The van der Waals surface area contributed by atoms with E-state index in [0.29, 0.717) is 6.07 Å². The van der Waals surface area contributed by atoms with Gasteiger partial charge in [0.25, 0.3) is 0 Å². The van der Waals surface area contributed by atoms with Crippen molar-refractivity contribution in [2.75, 3.05) is 0 Å². The normalized spacial score (nSPS) is 12.5. The molecule has 0 aromatic heterocycles. The summed E-state index contributed by atoms with van der Waals surface area (Å²) in [6, 6.07) is -0.0820. The molecule has 0 amide bonds. The van der Waals surface area contributed by atoms with Crippen LogP contribution in [-0.2, 0) is 4.79 Å². The summed E-state index contributed by atoms with van der Waals surface area (Å²) in [5.41, 5.74) is 4.93. The summed E-state index contributed by atoms with van der Waals surface area (Å²) >= 11 is 0. The van der Waals surface area contributed by atoms with E-state index in [1.807, 2.05) is 0 Å². The summed E-state index contributed by atoms with van der Waals surface area (Å²) < 4.78 is 25.2. The van der Waals surface area contributed by atoms with Crippen molar-refractivity contribution in [3.05, 3.63) is 29.3 Å². The Labute approximate surface area is 77.6 Å². The number of rotatable bonds is 2. The molecule has 1 aromatic carbocycles. The standard InChI is InChI=1S/C8H7F2NO3/c9-4-1-3(7(11)8(13)14)2-5(12)6(4)10/h1-2,7,12H,11H2,(H,13,14)/t7-/m0/s1. The minimum Gasteiger partial charge on any atom is -0.505 e. The van der Waals surface area contributed by atoms with Gasteiger partial charge in [0.2, 0.25) is 0 Å². The lowest BCUT2D eigenvalue weighted by atomic mass is 10.1. The van der Waals surface area contributed by atoms with Gasteiger partial charge in [-0.05, 0) is 17.7 Å².